The van der Waals surface area contributed by atoms with E-state index < -0.39 is 5.97 Å². The van der Waals surface area contributed by atoms with Gasteiger partial charge in [0.05, 0.1) is 6.10 Å². The Labute approximate surface area is 167 Å². The maximum atomic E-state index is 12.4. The van der Waals surface area contributed by atoms with E-state index in [2.05, 4.69) is 6.92 Å². The van der Waals surface area contributed by atoms with Crippen molar-refractivity contribution in [2.75, 3.05) is 0 Å². The minimum absolute atomic E-state index is 0.00500. The van der Waals surface area contributed by atoms with Gasteiger partial charge in [-0.1, -0.05) is 38.0 Å². The van der Waals surface area contributed by atoms with Gasteiger partial charge in [0.15, 0.2) is 5.78 Å². The van der Waals surface area contributed by atoms with Gasteiger partial charge in [0.2, 0.25) is 0 Å². The molecular weight excluding hydrogens is 360 g/mol. The van der Waals surface area contributed by atoms with Gasteiger partial charge >= 0.3 is 11.9 Å². The highest BCUT2D eigenvalue weighted by Gasteiger charge is 2.60. The van der Waals surface area contributed by atoms with Crippen molar-refractivity contribution < 1.29 is 29.0 Å². The highest BCUT2D eigenvalue weighted by atomic mass is 16.6. The van der Waals surface area contributed by atoms with E-state index in [4.69, 9.17) is 14.6 Å². The van der Waals surface area contributed by atoms with E-state index in [9.17, 15) is 14.4 Å². The van der Waals surface area contributed by atoms with Crippen LogP contribution < -0.4 is 0 Å². The normalized spacial score (nSPS) is 27.3. The minimum atomic E-state index is -0.789. The summed E-state index contributed by atoms with van der Waals surface area (Å²) in [7, 11) is 0. The standard InChI is InChI=1S/C22H32O6/c1-3-4-7-10-16(27-15(2)23)13-14-18-17(20(26)22-21(18)28-22)11-8-5-6-9-12-19(24)25/h5,8,13-14,16-18,21-22H,3-4,6-7,9-12H2,1-2H3,(H,24,25)/b8-5-,14-13+/t16-,17+,18+,21?,22?/m0/s1. The van der Waals surface area contributed by atoms with E-state index >= 15 is 0 Å². The number of unbranched alkanes of at least 4 members (excludes halogenated alkanes) is 3. The fourth-order valence-electron chi connectivity index (χ4n) is 3.78. The SMILES string of the molecule is CCCCC[C@@H](/C=C/[C@H]1C2OC2C(=O)[C@@H]1C/C=C\CCCC(=O)O)OC(C)=O. The first kappa shape index (κ1) is 22.3. The van der Waals surface area contributed by atoms with Crippen molar-refractivity contribution in [1.82, 2.24) is 0 Å². The van der Waals surface area contributed by atoms with Crippen molar-refractivity contribution >= 4 is 17.7 Å². The highest BCUT2D eigenvalue weighted by molar-refractivity contribution is 5.92. The number of aliphatic carboxylic acids is 1. The number of hydrogen-bond donors (Lipinski definition) is 1. The molecule has 1 saturated carbocycles. The Morgan fingerprint density at radius 1 is 1.25 bits per heavy atom. The van der Waals surface area contributed by atoms with Gasteiger partial charge in [0, 0.05) is 25.2 Å². The summed E-state index contributed by atoms with van der Waals surface area (Å²) < 4.78 is 10.9. The molecule has 6 heteroatoms. The lowest BCUT2D eigenvalue weighted by Crippen LogP contribution is -2.21. The van der Waals surface area contributed by atoms with Crippen molar-refractivity contribution in [2.45, 2.75) is 83.5 Å². The zero-order chi connectivity index (χ0) is 20.5. The molecule has 5 atom stereocenters. The van der Waals surface area contributed by atoms with Gasteiger partial charge in [-0.25, -0.2) is 0 Å². The number of ketones is 1. The lowest BCUT2D eigenvalue weighted by atomic mass is 9.90. The predicted molar refractivity (Wildman–Crippen MR) is 105 cm³/mol. The van der Waals surface area contributed by atoms with Gasteiger partial charge in [-0.05, 0) is 38.2 Å². The Bertz CT molecular complexity index is 608. The molecule has 2 fully saturated rings. The van der Waals surface area contributed by atoms with Crippen LogP contribution in [-0.4, -0.2) is 41.1 Å². The average molecular weight is 392 g/mol. The first-order chi connectivity index (χ1) is 13.4. The van der Waals surface area contributed by atoms with Crippen LogP contribution in [0.15, 0.2) is 24.3 Å². The molecule has 6 nitrogen and oxygen atoms in total. The third-order valence-corrected chi connectivity index (χ3v) is 5.29. The predicted octanol–water partition coefficient (Wildman–Crippen LogP) is 3.84. The van der Waals surface area contributed by atoms with Crippen LogP contribution in [0.4, 0.5) is 0 Å². The fraction of sp³-hybridized carbons (Fsp3) is 0.682. The second-order valence-electron chi connectivity index (χ2n) is 7.63. The lowest BCUT2D eigenvalue weighted by Gasteiger charge is -2.18. The van der Waals surface area contributed by atoms with Gasteiger partial charge in [-0.2, -0.15) is 0 Å². The number of esters is 1. The van der Waals surface area contributed by atoms with Crippen molar-refractivity contribution in [1.29, 1.82) is 0 Å². The van der Waals surface area contributed by atoms with Crippen molar-refractivity contribution in [3.63, 3.8) is 0 Å². The summed E-state index contributed by atoms with van der Waals surface area (Å²) in [5.74, 6) is -1.06. The molecule has 0 radical (unpaired) electrons. The largest absolute Gasteiger partial charge is 0.481 e. The van der Waals surface area contributed by atoms with Gasteiger partial charge in [-0.3, -0.25) is 14.4 Å². The monoisotopic (exact) mass is 392 g/mol. The molecule has 0 spiro atoms. The molecule has 1 aliphatic carbocycles. The number of ether oxygens (including phenoxy) is 2. The smallest absolute Gasteiger partial charge is 0.303 e. The Balaban J connectivity index is 1.90. The van der Waals surface area contributed by atoms with Crippen LogP contribution in [0.25, 0.3) is 0 Å². The molecule has 1 N–H and O–H groups in total. The van der Waals surface area contributed by atoms with Crippen molar-refractivity contribution in [3.8, 4) is 0 Å². The van der Waals surface area contributed by atoms with E-state index in [0.717, 1.165) is 25.7 Å². The van der Waals surface area contributed by atoms with E-state index in [1.807, 2.05) is 24.3 Å². The average Bonchev–Trinajstić information content (AvgIpc) is 3.37. The number of allylic oxidation sites excluding steroid dienone is 2. The fourth-order valence-corrected chi connectivity index (χ4v) is 3.78. The molecule has 28 heavy (non-hydrogen) atoms. The van der Waals surface area contributed by atoms with E-state index in [1.165, 1.54) is 6.92 Å². The van der Waals surface area contributed by atoms with Crippen molar-refractivity contribution in [2.24, 2.45) is 11.8 Å². The van der Waals surface area contributed by atoms with Crippen LogP contribution >= 0.6 is 0 Å². The number of carboxylic acid groups (broad SMARTS) is 1. The molecule has 0 aromatic heterocycles. The number of carbonyl (C=O) groups excluding carboxylic acids is 2. The summed E-state index contributed by atoms with van der Waals surface area (Å²) in [6.07, 6.45) is 13.3. The summed E-state index contributed by atoms with van der Waals surface area (Å²) in [4.78, 5) is 34.3. The summed E-state index contributed by atoms with van der Waals surface area (Å²) >= 11 is 0. The second kappa shape index (κ2) is 11.1. The quantitative estimate of drug-likeness (QED) is 0.222. The summed E-state index contributed by atoms with van der Waals surface area (Å²) in [6, 6.07) is 0. The number of carbonyl (C=O) groups is 3. The van der Waals surface area contributed by atoms with Crippen LogP contribution in [0.1, 0.15) is 65.2 Å². The van der Waals surface area contributed by atoms with Crippen molar-refractivity contribution in [3.05, 3.63) is 24.3 Å². The summed E-state index contributed by atoms with van der Waals surface area (Å²) in [6.45, 7) is 3.54. The van der Waals surface area contributed by atoms with Crippen LogP contribution in [-0.2, 0) is 23.9 Å². The Kier molecular flexibility index (Phi) is 8.90. The van der Waals surface area contributed by atoms with E-state index in [1.54, 1.807) is 0 Å². The third-order valence-electron chi connectivity index (χ3n) is 5.29. The Hall–Kier alpha value is -1.95. The maximum absolute atomic E-state index is 12.4. The second-order valence-corrected chi connectivity index (χ2v) is 7.63. The maximum Gasteiger partial charge on any atom is 0.303 e. The van der Waals surface area contributed by atoms with E-state index in [0.29, 0.717) is 19.3 Å². The number of rotatable bonds is 13. The molecule has 1 aliphatic heterocycles. The molecule has 1 saturated heterocycles. The number of fused-ring (bicyclic) bond motifs is 1. The summed E-state index contributed by atoms with van der Waals surface area (Å²) in [5.41, 5.74) is 0. The molecule has 1 heterocycles. The molecule has 2 aliphatic rings. The highest BCUT2D eigenvalue weighted by Crippen LogP contribution is 2.46. The number of Topliss-reactive ketones (excluding diaryl/α,β-unsaturated/α-hetero) is 1. The third kappa shape index (κ3) is 6.89. The van der Waals surface area contributed by atoms with Crippen LogP contribution in [0, 0.1) is 11.8 Å². The van der Waals surface area contributed by atoms with Crippen LogP contribution in [0.2, 0.25) is 0 Å². The number of epoxide rings is 1. The minimum Gasteiger partial charge on any atom is -0.481 e. The molecule has 156 valence electrons. The topological polar surface area (TPSA) is 93.2 Å². The zero-order valence-electron chi connectivity index (χ0n) is 16.8. The van der Waals surface area contributed by atoms with Gasteiger partial charge in [-0.15, -0.1) is 0 Å². The molecule has 0 aromatic rings. The van der Waals surface area contributed by atoms with Gasteiger partial charge in [0.25, 0.3) is 0 Å². The van der Waals surface area contributed by atoms with E-state index in [-0.39, 0.29) is 48.3 Å². The molecule has 2 unspecified atom stereocenters. The Morgan fingerprint density at radius 3 is 2.71 bits per heavy atom. The molecule has 0 aromatic carbocycles. The van der Waals surface area contributed by atoms with Crippen LogP contribution in [0.3, 0.4) is 0 Å². The van der Waals surface area contributed by atoms with Gasteiger partial charge < -0.3 is 14.6 Å². The van der Waals surface area contributed by atoms with Crippen LogP contribution in [0.5, 0.6) is 0 Å². The molecule has 0 bridgehead atoms. The lowest BCUT2D eigenvalue weighted by molar-refractivity contribution is -0.144. The summed E-state index contributed by atoms with van der Waals surface area (Å²) in [5, 5.41) is 8.65. The molecule has 0 amide bonds. The Morgan fingerprint density at radius 2 is 2.04 bits per heavy atom. The number of carboxylic acids is 1. The zero-order valence-corrected chi connectivity index (χ0v) is 16.8. The molecular formula is C22H32O6. The first-order valence-electron chi connectivity index (χ1n) is 10.4. The number of hydrogen-bond acceptors (Lipinski definition) is 5. The van der Waals surface area contributed by atoms with Gasteiger partial charge in [0.1, 0.15) is 12.2 Å². The molecule has 2 rings (SSSR count). The first-order valence-corrected chi connectivity index (χ1v) is 10.4.